The minimum atomic E-state index is -0.579. The Bertz CT molecular complexity index is 1130. The van der Waals surface area contributed by atoms with E-state index in [2.05, 4.69) is 32.2 Å². The average molecular weight is 449 g/mol. The number of carbonyl (C=O) groups excluding carboxylic acids is 1. The molecule has 1 amide bonds. The van der Waals surface area contributed by atoms with Gasteiger partial charge in [0, 0.05) is 49.7 Å². The second-order valence-corrected chi connectivity index (χ2v) is 7.99. The first-order chi connectivity index (χ1) is 16.0. The maximum absolute atomic E-state index is 13.7. The first-order valence-electron chi connectivity index (χ1n) is 10.9. The summed E-state index contributed by atoms with van der Waals surface area (Å²) < 4.78 is 27.0. The van der Waals surface area contributed by atoms with Crippen LogP contribution < -0.4 is 15.1 Å². The summed E-state index contributed by atoms with van der Waals surface area (Å²) in [6, 6.07) is 16.9. The van der Waals surface area contributed by atoms with Gasteiger partial charge in [-0.25, -0.2) is 13.8 Å². The fraction of sp³-hybridized carbons (Fsp3) is 0.231. The van der Waals surface area contributed by atoms with Gasteiger partial charge >= 0.3 is 0 Å². The number of rotatable bonds is 6. The summed E-state index contributed by atoms with van der Waals surface area (Å²) in [5, 5.41) is 2.88. The normalized spacial score (nSPS) is 15.0. The molecule has 1 N–H and O–H groups in total. The number of nitrogens with zero attached hydrogens (tertiary/aromatic N) is 3. The molecule has 33 heavy (non-hydrogen) atoms. The Balaban J connectivity index is 1.36. The van der Waals surface area contributed by atoms with Crippen molar-refractivity contribution in [3.05, 3.63) is 95.7 Å². The molecule has 3 aromatic rings. The van der Waals surface area contributed by atoms with E-state index in [1.165, 1.54) is 12.2 Å². The fourth-order valence-electron chi connectivity index (χ4n) is 3.88. The van der Waals surface area contributed by atoms with Crippen molar-refractivity contribution in [2.24, 2.45) is 0 Å². The maximum Gasteiger partial charge on any atom is 0.244 e. The number of amides is 1. The minimum Gasteiger partial charge on any atom is -0.368 e. The lowest BCUT2D eigenvalue weighted by Gasteiger charge is -2.37. The van der Waals surface area contributed by atoms with Gasteiger partial charge < -0.3 is 15.1 Å². The molecule has 0 bridgehead atoms. The van der Waals surface area contributed by atoms with Crippen LogP contribution in [0, 0.1) is 11.6 Å². The van der Waals surface area contributed by atoms with Gasteiger partial charge in [0.15, 0.2) is 0 Å². The van der Waals surface area contributed by atoms with E-state index in [1.54, 1.807) is 0 Å². The maximum atomic E-state index is 13.7. The van der Waals surface area contributed by atoms with Crippen molar-refractivity contribution in [2.45, 2.75) is 13.0 Å². The number of hydrogen-bond donors (Lipinski definition) is 1. The Morgan fingerprint density at radius 2 is 1.79 bits per heavy atom. The number of piperazine rings is 1. The van der Waals surface area contributed by atoms with Gasteiger partial charge in [-0.1, -0.05) is 18.2 Å². The van der Waals surface area contributed by atoms with Crippen molar-refractivity contribution in [3.8, 4) is 0 Å². The van der Waals surface area contributed by atoms with Crippen molar-refractivity contribution in [3.63, 3.8) is 0 Å². The predicted molar refractivity (Wildman–Crippen MR) is 127 cm³/mol. The number of carbonyl (C=O) groups is 1. The van der Waals surface area contributed by atoms with Crippen molar-refractivity contribution in [2.75, 3.05) is 36.0 Å². The molecule has 5 nitrogen and oxygen atoms in total. The van der Waals surface area contributed by atoms with Crippen LogP contribution in [0.25, 0.3) is 6.08 Å². The predicted octanol–water partition coefficient (Wildman–Crippen LogP) is 4.58. The Morgan fingerprint density at radius 3 is 2.55 bits per heavy atom. The van der Waals surface area contributed by atoms with Crippen molar-refractivity contribution in [1.29, 1.82) is 0 Å². The third-order valence-electron chi connectivity index (χ3n) is 5.72. The van der Waals surface area contributed by atoms with Gasteiger partial charge in [0.1, 0.15) is 17.5 Å². The molecule has 0 saturated carbocycles. The van der Waals surface area contributed by atoms with E-state index in [0.717, 1.165) is 61.4 Å². The Hall–Kier alpha value is -3.74. The molecule has 0 spiro atoms. The van der Waals surface area contributed by atoms with Crippen LogP contribution >= 0.6 is 0 Å². The van der Waals surface area contributed by atoms with Crippen molar-refractivity contribution < 1.29 is 13.6 Å². The van der Waals surface area contributed by atoms with Crippen LogP contribution in [0.4, 0.5) is 20.3 Å². The average Bonchev–Trinajstić information content (AvgIpc) is 2.85. The second kappa shape index (κ2) is 10.3. The molecule has 1 aromatic heterocycles. The first kappa shape index (κ1) is 22.5. The summed E-state index contributed by atoms with van der Waals surface area (Å²) in [5.74, 6) is -0.513. The smallest absolute Gasteiger partial charge is 0.244 e. The van der Waals surface area contributed by atoms with Gasteiger partial charge in [-0.3, -0.25) is 4.79 Å². The summed E-state index contributed by atoms with van der Waals surface area (Å²) in [4.78, 5) is 21.3. The molecule has 4 rings (SSSR count). The van der Waals surface area contributed by atoms with Crippen LogP contribution in [0.15, 0.2) is 72.9 Å². The highest BCUT2D eigenvalue weighted by atomic mass is 19.1. The molecular weight excluding hydrogens is 422 g/mol. The van der Waals surface area contributed by atoms with Gasteiger partial charge in [-0.15, -0.1) is 0 Å². The van der Waals surface area contributed by atoms with Gasteiger partial charge in [0.2, 0.25) is 5.91 Å². The van der Waals surface area contributed by atoms with Gasteiger partial charge in [-0.05, 0) is 61.0 Å². The Kier molecular flexibility index (Phi) is 6.98. The SMILES string of the molecule is CC(NC(=O)C=Cc1cc(F)ccc1F)c1cccc(N2CCN(c3ccccn3)CC2)c1. The van der Waals surface area contributed by atoms with Crippen LogP contribution in [0.3, 0.4) is 0 Å². The lowest BCUT2D eigenvalue weighted by molar-refractivity contribution is -0.117. The van der Waals surface area contributed by atoms with Crippen LogP contribution in [-0.4, -0.2) is 37.1 Å². The summed E-state index contributed by atoms with van der Waals surface area (Å²) >= 11 is 0. The monoisotopic (exact) mass is 448 g/mol. The van der Waals surface area contributed by atoms with Crippen LogP contribution in [0.1, 0.15) is 24.1 Å². The zero-order valence-electron chi connectivity index (χ0n) is 18.4. The molecule has 7 heteroatoms. The highest BCUT2D eigenvalue weighted by molar-refractivity contribution is 5.92. The summed E-state index contributed by atoms with van der Waals surface area (Å²) in [6.07, 6.45) is 4.30. The minimum absolute atomic E-state index is 0.0321. The molecule has 1 saturated heterocycles. The lowest BCUT2D eigenvalue weighted by Crippen LogP contribution is -2.46. The quantitative estimate of drug-likeness (QED) is 0.561. The number of hydrogen-bond acceptors (Lipinski definition) is 4. The van der Waals surface area contributed by atoms with Crippen LogP contribution in [0.2, 0.25) is 0 Å². The van der Waals surface area contributed by atoms with Crippen LogP contribution in [0.5, 0.6) is 0 Å². The van der Waals surface area contributed by atoms with E-state index in [0.29, 0.717) is 0 Å². The molecule has 1 fully saturated rings. The fourth-order valence-corrected chi connectivity index (χ4v) is 3.88. The van der Waals surface area contributed by atoms with E-state index in [-0.39, 0.29) is 17.5 Å². The zero-order valence-corrected chi connectivity index (χ0v) is 18.4. The number of halogens is 2. The highest BCUT2D eigenvalue weighted by Crippen LogP contribution is 2.23. The topological polar surface area (TPSA) is 48.5 Å². The summed E-state index contributed by atoms with van der Waals surface area (Å²) in [6.45, 7) is 5.42. The van der Waals surface area contributed by atoms with Crippen molar-refractivity contribution in [1.82, 2.24) is 10.3 Å². The molecule has 1 atom stereocenters. The largest absolute Gasteiger partial charge is 0.368 e. The molecule has 1 unspecified atom stereocenters. The molecule has 0 aliphatic carbocycles. The number of pyridine rings is 1. The third-order valence-corrected chi connectivity index (χ3v) is 5.72. The lowest BCUT2D eigenvalue weighted by atomic mass is 10.1. The van der Waals surface area contributed by atoms with Gasteiger partial charge in [0.25, 0.3) is 0 Å². The van der Waals surface area contributed by atoms with Crippen molar-refractivity contribution >= 4 is 23.5 Å². The molecular formula is C26H26F2N4O. The number of nitrogens with one attached hydrogen (secondary N) is 1. The number of benzene rings is 2. The molecule has 170 valence electrons. The number of aromatic nitrogens is 1. The van der Waals surface area contributed by atoms with Gasteiger partial charge in [-0.2, -0.15) is 0 Å². The standard InChI is InChI=1S/C26H26F2N4O/c1-19(30-26(33)11-8-21-17-22(27)9-10-24(21)28)20-5-4-6-23(18-20)31-13-15-32(16-14-31)25-7-2-3-12-29-25/h2-12,17-19H,13-16H2,1H3,(H,30,33). The van der Waals surface area contributed by atoms with E-state index in [9.17, 15) is 13.6 Å². The molecule has 1 aliphatic rings. The molecule has 2 aromatic carbocycles. The van der Waals surface area contributed by atoms with Gasteiger partial charge in [0.05, 0.1) is 6.04 Å². The number of anilines is 2. The Morgan fingerprint density at radius 1 is 1.00 bits per heavy atom. The molecule has 1 aliphatic heterocycles. The molecule has 0 radical (unpaired) electrons. The first-order valence-corrected chi connectivity index (χ1v) is 10.9. The zero-order chi connectivity index (χ0) is 23.2. The van der Waals surface area contributed by atoms with E-state index < -0.39 is 11.6 Å². The van der Waals surface area contributed by atoms with E-state index in [1.807, 2.05) is 43.5 Å². The van der Waals surface area contributed by atoms with E-state index in [4.69, 9.17) is 0 Å². The second-order valence-electron chi connectivity index (χ2n) is 7.99. The summed E-state index contributed by atoms with van der Waals surface area (Å²) in [5.41, 5.74) is 2.11. The summed E-state index contributed by atoms with van der Waals surface area (Å²) in [7, 11) is 0. The Labute approximate surface area is 192 Å². The van der Waals surface area contributed by atoms with E-state index >= 15 is 0 Å². The van der Waals surface area contributed by atoms with Crippen LogP contribution in [-0.2, 0) is 4.79 Å². The third kappa shape index (κ3) is 5.74. The highest BCUT2D eigenvalue weighted by Gasteiger charge is 2.19. The molecule has 2 heterocycles.